The second kappa shape index (κ2) is 14.1. The van der Waals surface area contributed by atoms with E-state index < -0.39 is 6.10 Å². The molecule has 0 aliphatic carbocycles. The maximum Gasteiger partial charge on any atom is 0.232 e. The number of tetrazole rings is 1. The second-order valence-electron chi connectivity index (χ2n) is 8.30. The highest BCUT2D eigenvalue weighted by Gasteiger charge is 2.13. The van der Waals surface area contributed by atoms with Crippen LogP contribution < -0.4 is 10.6 Å². The molecule has 1 unspecified atom stereocenters. The molecule has 3 N–H and O–H groups in total. The number of amides is 1. The molecule has 0 aliphatic heterocycles. The first-order chi connectivity index (χ1) is 17.5. The first-order valence-electron chi connectivity index (χ1n) is 11.5. The number of anilines is 1. The Morgan fingerprint density at radius 1 is 0.973 bits per heavy atom. The summed E-state index contributed by atoms with van der Waals surface area (Å²) in [5.74, 6) is 0.225. The summed E-state index contributed by atoms with van der Waals surface area (Å²) in [4.78, 5) is 12.6. The Bertz CT molecular complexity index is 1290. The van der Waals surface area contributed by atoms with Crippen LogP contribution in [-0.2, 0) is 24.2 Å². The van der Waals surface area contributed by atoms with Gasteiger partial charge in [-0.1, -0.05) is 71.7 Å². The number of aliphatic hydroxyl groups excluding tert-OH is 1. The minimum Gasteiger partial charge on any atom is -0.387 e. The predicted octanol–water partition coefficient (Wildman–Crippen LogP) is 4.50. The van der Waals surface area contributed by atoms with Gasteiger partial charge in [0, 0.05) is 12.2 Å². The molecule has 0 saturated carbocycles. The van der Waals surface area contributed by atoms with Crippen molar-refractivity contribution in [2.45, 2.75) is 25.5 Å². The lowest BCUT2D eigenvalue weighted by Crippen LogP contribution is -2.23. The minimum atomic E-state index is -0.534. The van der Waals surface area contributed by atoms with Gasteiger partial charge in [0.15, 0.2) is 5.82 Å². The Kier molecular flexibility index (Phi) is 10.9. The molecule has 1 heterocycles. The van der Waals surface area contributed by atoms with E-state index in [1.165, 1.54) is 0 Å². The standard InChI is InChI=1S/C26H26Cl2N6O2.ClH/c27-22-11-8-19(14-23(22)28)17-34-25(31-32-33-34)15-26(36)30-21-9-6-18(7-10-21)12-13-29-16-24(35)20-4-2-1-3-5-20;/h1-11,14,24,29,35H,12-13,15-17H2,(H,30,36);1H. The summed E-state index contributed by atoms with van der Waals surface area (Å²) < 4.78 is 1.56. The number of nitrogens with zero attached hydrogens (tertiary/aromatic N) is 4. The van der Waals surface area contributed by atoms with Gasteiger partial charge in [0.25, 0.3) is 0 Å². The zero-order valence-corrected chi connectivity index (χ0v) is 22.2. The quantitative estimate of drug-likeness (QED) is 0.233. The van der Waals surface area contributed by atoms with Crippen molar-refractivity contribution in [2.75, 3.05) is 18.4 Å². The summed E-state index contributed by atoms with van der Waals surface area (Å²) in [6.07, 6.45) is 0.303. The van der Waals surface area contributed by atoms with Gasteiger partial charge >= 0.3 is 0 Å². The van der Waals surface area contributed by atoms with E-state index in [2.05, 4.69) is 26.2 Å². The normalized spacial score (nSPS) is 11.5. The average Bonchev–Trinajstić information content (AvgIpc) is 3.31. The van der Waals surface area contributed by atoms with Gasteiger partial charge in [0.2, 0.25) is 5.91 Å². The Hall–Kier alpha value is -3.01. The van der Waals surface area contributed by atoms with E-state index in [-0.39, 0.29) is 24.7 Å². The highest BCUT2D eigenvalue weighted by atomic mass is 35.5. The molecule has 3 aromatic carbocycles. The first-order valence-corrected chi connectivity index (χ1v) is 12.2. The molecule has 194 valence electrons. The van der Waals surface area contributed by atoms with E-state index in [1.807, 2.05) is 60.7 Å². The molecule has 0 spiro atoms. The van der Waals surface area contributed by atoms with Gasteiger partial charge in [-0.15, -0.1) is 17.5 Å². The summed E-state index contributed by atoms with van der Waals surface area (Å²) in [7, 11) is 0. The average molecular weight is 562 g/mol. The molecule has 0 bridgehead atoms. The number of hydrogen-bond acceptors (Lipinski definition) is 6. The Labute approximate surface area is 231 Å². The number of nitrogens with one attached hydrogen (secondary N) is 2. The van der Waals surface area contributed by atoms with Crippen molar-refractivity contribution in [1.82, 2.24) is 25.5 Å². The molecule has 1 amide bonds. The van der Waals surface area contributed by atoms with Crippen LogP contribution in [0.15, 0.2) is 72.8 Å². The minimum absolute atomic E-state index is 0. The second-order valence-corrected chi connectivity index (χ2v) is 9.12. The Balaban J connectivity index is 0.00000380. The third kappa shape index (κ3) is 8.52. The molecule has 1 aromatic heterocycles. The van der Waals surface area contributed by atoms with Crippen LogP contribution in [0.5, 0.6) is 0 Å². The van der Waals surface area contributed by atoms with Gasteiger partial charge in [0.1, 0.15) is 0 Å². The van der Waals surface area contributed by atoms with Gasteiger partial charge in [-0.2, -0.15) is 0 Å². The molecule has 4 rings (SSSR count). The van der Waals surface area contributed by atoms with Crippen LogP contribution in [0.1, 0.15) is 28.6 Å². The zero-order valence-electron chi connectivity index (χ0n) is 19.8. The number of hydrogen-bond donors (Lipinski definition) is 3. The summed E-state index contributed by atoms with van der Waals surface area (Å²) >= 11 is 12.0. The molecular formula is C26H27Cl3N6O2. The van der Waals surface area contributed by atoms with E-state index in [0.29, 0.717) is 34.6 Å². The molecular weight excluding hydrogens is 535 g/mol. The van der Waals surface area contributed by atoms with E-state index >= 15 is 0 Å². The summed E-state index contributed by atoms with van der Waals surface area (Å²) in [5.41, 5.74) is 3.59. The summed E-state index contributed by atoms with van der Waals surface area (Å²) in [6, 6.07) is 22.6. The molecule has 37 heavy (non-hydrogen) atoms. The monoisotopic (exact) mass is 560 g/mol. The predicted molar refractivity (Wildman–Crippen MR) is 147 cm³/mol. The van der Waals surface area contributed by atoms with Crippen LogP contribution in [0.2, 0.25) is 10.0 Å². The highest BCUT2D eigenvalue weighted by molar-refractivity contribution is 6.42. The number of carbonyl (C=O) groups is 1. The van der Waals surface area contributed by atoms with Crippen molar-refractivity contribution in [1.29, 1.82) is 0 Å². The smallest absolute Gasteiger partial charge is 0.232 e. The van der Waals surface area contributed by atoms with Crippen LogP contribution in [0, 0.1) is 0 Å². The SMILES string of the molecule is Cl.O=C(Cc1nnnn1Cc1ccc(Cl)c(Cl)c1)Nc1ccc(CCNCC(O)c2ccccc2)cc1. The Morgan fingerprint density at radius 2 is 1.70 bits per heavy atom. The molecule has 11 heteroatoms. The van der Waals surface area contributed by atoms with E-state index in [4.69, 9.17) is 23.2 Å². The number of rotatable bonds is 11. The summed E-state index contributed by atoms with van der Waals surface area (Å²) in [5, 5.41) is 28.9. The molecule has 1 atom stereocenters. The highest BCUT2D eigenvalue weighted by Crippen LogP contribution is 2.23. The van der Waals surface area contributed by atoms with Crippen LogP contribution in [0.25, 0.3) is 0 Å². The third-order valence-electron chi connectivity index (χ3n) is 5.59. The van der Waals surface area contributed by atoms with Gasteiger partial charge in [0.05, 0.1) is 29.1 Å². The number of aliphatic hydroxyl groups is 1. The van der Waals surface area contributed by atoms with Crippen molar-refractivity contribution in [3.05, 3.63) is 105 Å². The molecule has 0 aliphatic rings. The van der Waals surface area contributed by atoms with Crippen molar-refractivity contribution < 1.29 is 9.90 Å². The molecule has 0 radical (unpaired) electrons. The van der Waals surface area contributed by atoms with Crippen LogP contribution >= 0.6 is 35.6 Å². The summed E-state index contributed by atoms with van der Waals surface area (Å²) in [6.45, 7) is 1.59. The lowest BCUT2D eigenvalue weighted by molar-refractivity contribution is -0.115. The van der Waals surface area contributed by atoms with Crippen molar-refractivity contribution in [3.8, 4) is 0 Å². The zero-order chi connectivity index (χ0) is 25.3. The maximum absolute atomic E-state index is 12.6. The fourth-order valence-corrected chi connectivity index (χ4v) is 3.97. The fraction of sp³-hybridized carbons (Fsp3) is 0.231. The third-order valence-corrected chi connectivity index (χ3v) is 6.33. The van der Waals surface area contributed by atoms with Gasteiger partial charge < -0.3 is 15.7 Å². The number of carbonyl (C=O) groups excluding carboxylic acids is 1. The van der Waals surface area contributed by atoms with E-state index in [0.717, 1.165) is 29.7 Å². The number of benzene rings is 3. The van der Waals surface area contributed by atoms with Crippen LogP contribution in [-0.4, -0.2) is 44.3 Å². The number of halogens is 3. The van der Waals surface area contributed by atoms with E-state index in [9.17, 15) is 9.90 Å². The molecule has 0 saturated heterocycles. The largest absolute Gasteiger partial charge is 0.387 e. The lowest BCUT2D eigenvalue weighted by Gasteiger charge is -2.12. The van der Waals surface area contributed by atoms with Crippen LogP contribution in [0.4, 0.5) is 5.69 Å². The maximum atomic E-state index is 12.6. The topological polar surface area (TPSA) is 105 Å². The van der Waals surface area contributed by atoms with Crippen molar-refractivity contribution in [3.63, 3.8) is 0 Å². The van der Waals surface area contributed by atoms with Crippen LogP contribution in [0.3, 0.4) is 0 Å². The lowest BCUT2D eigenvalue weighted by atomic mass is 10.1. The first kappa shape index (κ1) is 28.6. The van der Waals surface area contributed by atoms with Gasteiger partial charge in [-0.05, 0) is 64.3 Å². The van der Waals surface area contributed by atoms with Gasteiger partial charge in [-0.3, -0.25) is 4.79 Å². The molecule has 4 aromatic rings. The Morgan fingerprint density at radius 3 is 2.43 bits per heavy atom. The van der Waals surface area contributed by atoms with Crippen molar-refractivity contribution >= 4 is 47.2 Å². The van der Waals surface area contributed by atoms with E-state index in [1.54, 1.807) is 16.8 Å². The van der Waals surface area contributed by atoms with Gasteiger partial charge in [-0.25, -0.2) is 4.68 Å². The van der Waals surface area contributed by atoms with Crippen molar-refractivity contribution in [2.24, 2.45) is 0 Å². The number of aromatic nitrogens is 4. The molecule has 0 fully saturated rings. The fourth-order valence-electron chi connectivity index (χ4n) is 3.65. The molecule has 8 nitrogen and oxygen atoms in total.